The Kier molecular flexibility index (Phi) is 6.63. The third-order valence-corrected chi connectivity index (χ3v) is 6.86. The van der Waals surface area contributed by atoms with E-state index in [9.17, 15) is 9.59 Å². The van der Waals surface area contributed by atoms with Crippen molar-refractivity contribution < 1.29 is 18.7 Å². The van der Waals surface area contributed by atoms with Crippen LogP contribution in [0.25, 0.3) is 22.6 Å². The molecule has 34 heavy (non-hydrogen) atoms. The van der Waals surface area contributed by atoms with Crippen LogP contribution in [0.4, 0.5) is 0 Å². The molecule has 7 nitrogen and oxygen atoms in total. The Labute approximate surface area is 199 Å². The van der Waals surface area contributed by atoms with Crippen LogP contribution in [0.15, 0.2) is 46.9 Å². The minimum atomic E-state index is 0.00284. The first-order valence-electron chi connectivity index (χ1n) is 12.2. The zero-order valence-electron chi connectivity index (χ0n) is 19.6. The normalized spacial score (nSPS) is 19.0. The number of hydrogen-bond acceptors (Lipinski definition) is 5. The van der Waals surface area contributed by atoms with E-state index in [4.69, 9.17) is 9.15 Å². The molecule has 5 rings (SSSR count). The van der Waals surface area contributed by atoms with Crippen LogP contribution in [0.3, 0.4) is 0 Å². The molecule has 0 aliphatic carbocycles. The smallest absolute Gasteiger partial charge is 0.253 e. The van der Waals surface area contributed by atoms with Crippen LogP contribution < -0.4 is 5.32 Å². The second kappa shape index (κ2) is 9.97. The fourth-order valence-corrected chi connectivity index (χ4v) is 4.77. The van der Waals surface area contributed by atoms with E-state index in [0.717, 1.165) is 37.9 Å². The predicted molar refractivity (Wildman–Crippen MR) is 129 cm³/mol. The molecule has 1 N–H and O–H groups in total. The van der Waals surface area contributed by atoms with E-state index in [1.807, 2.05) is 48.2 Å². The van der Waals surface area contributed by atoms with Gasteiger partial charge in [-0.3, -0.25) is 9.59 Å². The van der Waals surface area contributed by atoms with Crippen molar-refractivity contribution in [2.24, 2.45) is 5.92 Å². The number of likely N-dealkylation sites (tertiary alicyclic amines) is 1. The van der Waals surface area contributed by atoms with Crippen molar-refractivity contribution in [3.8, 4) is 11.5 Å². The molecule has 2 aliphatic rings. The van der Waals surface area contributed by atoms with Crippen LogP contribution in [0.1, 0.15) is 48.0 Å². The van der Waals surface area contributed by atoms with Gasteiger partial charge in [-0.2, -0.15) is 0 Å². The summed E-state index contributed by atoms with van der Waals surface area (Å²) in [5.41, 5.74) is 4.05. The first-order valence-corrected chi connectivity index (χ1v) is 12.2. The van der Waals surface area contributed by atoms with Crippen LogP contribution in [0, 0.1) is 12.8 Å². The number of fused-ring (bicyclic) bond motifs is 1. The largest absolute Gasteiger partial charge is 0.436 e. The molecular formula is C27H31N3O4. The number of hydrogen-bond donors (Lipinski definition) is 1. The summed E-state index contributed by atoms with van der Waals surface area (Å²) in [6, 6.07) is 13.5. The maximum absolute atomic E-state index is 13.1. The van der Waals surface area contributed by atoms with Gasteiger partial charge in [-0.25, -0.2) is 4.98 Å². The van der Waals surface area contributed by atoms with E-state index in [1.165, 1.54) is 5.56 Å². The zero-order valence-corrected chi connectivity index (χ0v) is 19.6. The summed E-state index contributed by atoms with van der Waals surface area (Å²) in [6.07, 6.45) is 4.45. The molecule has 0 saturated carbocycles. The predicted octanol–water partition coefficient (Wildman–Crippen LogP) is 4.34. The Morgan fingerprint density at radius 3 is 2.62 bits per heavy atom. The number of aryl methyl sites for hydroxylation is 1. The highest BCUT2D eigenvalue weighted by atomic mass is 16.5. The number of nitrogens with one attached hydrogen (secondary N) is 1. The second-order valence-corrected chi connectivity index (χ2v) is 9.45. The average Bonchev–Trinajstić information content (AvgIpc) is 3.53. The Bertz CT molecular complexity index is 1160. The number of carbonyl (C=O) groups excluding carboxylic acids is 2. The SMILES string of the molecule is Cc1ccc(-c2nc3cc(C(=O)N4CCC(CC(=O)NC[C@H]5CCCO5)CC4)ccc3o2)cc1. The maximum Gasteiger partial charge on any atom is 0.253 e. The van der Waals surface area contributed by atoms with Gasteiger partial charge >= 0.3 is 0 Å². The lowest BCUT2D eigenvalue weighted by Crippen LogP contribution is -2.40. The summed E-state index contributed by atoms with van der Waals surface area (Å²) in [6.45, 7) is 4.76. The molecule has 3 heterocycles. The molecule has 2 saturated heterocycles. The number of carbonyl (C=O) groups is 2. The van der Waals surface area contributed by atoms with Gasteiger partial charge in [-0.05, 0) is 68.9 Å². The van der Waals surface area contributed by atoms with Crippen LogP contribution in [0.5, 0.6) is 0 Å². The topological polar surface area (TPSA) is 84.7 Å². The lowest BCUT2D eigenvalue weighted by molar-refractivity contribution is -0.122. The number of rotatable bonds is 6. The van der Waals surface area contributed by atoms with Crippen LogP contribution in [-0.4, -0.2) is 54.0 Å². The Hall–Kier alpha value is -3.19. The first-order chi connectivity index (χ1) is 16.5. The zero-order chi connectivity index (χ0) is 23.5. The minimum Gasteiger partial charge on any atom is -0.436 e. The van der Waals surface area contributed by atoms with Crippen molar-refractivity contribution in [1.82, 2.24) is 15.2 Å². The van der Waals surface area contributed by atoms with Gasteiger partial charge in [0.15, 0.2) is 5.58 Å². The van der Waals surface area contributed by atoms with Crippen molar-refractivity contribution in [1.29, 1.82) is 0 Å². The standard InChI is InChI=1S/C27H31N3O4/c1-18-4-6-20(7-5-18)26-29-23-16-21(8-9-24(23)34-26)27(32)30-12-10-19(11-13-30)15-25(31)28-17-22-3-2-14-33-22/h4-9,16,19,22H,2-3,10-15,17H2,1H3,(H,28,31)/t22-/m1/s1. The van der Waals surface area contributed by atoms with E-state index in [1.54, 1.807) is 6.07 Å². The lowest BCUT2D eigenvalue weighted by atomic mass is 9.92. The summed E-state index contributed by atoms with van der Waals surface area (Å²) in [7, 11) is 0. The van der Waals surface area contributed by atoms with Crippen LogP contribution >= 0.6 is 0 Å². The van der Waals surface area contributed by atoms with Crippen molar-refractivity contribution in [3.05, 3.63) is 53.6 Å². The van der Waals surface area contributed by atoms with Gasteiger partial charge in [-0.15, -0.1) is 0 Å². The molecule has 2 aliphatic heterocycles. The molecule has 178 valence electrons. The van der Waals surface area contributed by atoms with E-state index >= 15 is 0 Å². The minimum absolute atomic E-state index is 0.00284. The van der Waals surface area contributed by atoms with Gasteiger partial charge in [0.1, 0.15) is 5.52 Å². The molecule has 0 bridgehead atoms. The van der Waals surface area contributed by atoms with Gasteiger partial charge in [0, 0.05) is 43.8 Å². The molecule has 0 radical (unpaired) electrons. The Balaban J connectivity index is 1.16. The second-order valence-electron chi connectivity index (χ2n) is 9.45. The van der Waals surface area contributed by atoms with Gasteiger partial charge in [0.25, 0.3) is 5.91 Å². The Morgan fingerprint density at radius 2 is 1.88 bits per heavy atom. The average molecular weight is 462 g/mol. The number of benzene rings is 2. The summed E-state index contributed by atoms with van der Waals surface area (Å²) in [4.78, 5) is 31.9. The van der Waals surface area contributed by atoms with Crippen molar-refractivity contribution in [2.75, 3.05) is 26.2 Å². The van der Waals surface area contributed by atoms with Crippen molar-refractivity contribution in [3.63, 3.8) is 0 Å². The van der Waals surface area contributed by atoms with Gasteiger partial charge < -0.3 is 19.4 Å². The number of piperidine rings is 1. The molecule has 7 heteroatoms. The highest BCUT2D eigenvalue weighted by Crippen LogP contribution is 2.27. The van der Waals surface area contributed by atoms with E-state index in [2.05, 4.69) is 10.3 Å². The molecule has 1 aromatic heterocycles. The molecule has 2 aromatic carbocycles. The number of ether oxygens (including phenoxy) is 1. The fraction of sp³-hybridized carbons (Fsp3) is 0.444. The molecule has 2 fully saturated rings. The van der Waals surface area contributed by atoms with Gasteiger partial charge in [0.2, 0.25) is 11.8 Å². The lowest BCUT2D eigenvalue weighted by Gasteiger charge is -2.32. The Morgan fingerprint density at radius 1 is 1.09 bits per heavy atom. The first kappa shape index (κ1) is 22.6. The molecule has 1 atom stereocenters. The monoisotopic (exact) mass is 461 g/mol. The fourth-order valence-electron chi connectivity index (χ4n) is 4.77. The highest BCUT2D eigenvalue weighted by Gasteiger charge is 2.26. The maximum atomic E-state index is 13.1. The van der Waals surface area contributed by atoms with Crippen LogP contribution in [-0.2, 0) is 9.53 Å². The third kappa shape index (κ3) is 5.14. The number of aromatic nitrogens is 1. The van der Waals surface area contributed by atoms with Gasteiger partial charge in [-0.1, -0.05) is 17.7 Å². The number of nitrogens with zero attached hydrogens (tertiary/aromatic N) is 2. The highest BCUT2D eigenvalue weighted by molar-refractivity contribution is 5.97. The summed E-state index contributed by atoms with van der Waals surface area (Å²) in [5, 5.41) is 3.00. The third-order valence-electron chi connectivity index (χ3n) is 6.86. The quantitative estimate of drug-likeness (QED) is 0.590. The summed E-state index contributed by atoms with van der Waals surface area (Å²) in [5.74, 6) is 0.950. The van der Waals surface area contributed by atoms with Crippen LogP contribution in [0.2, 0.25) is 0 Å². The van der Waals surface area contributed by atoms with E-state index < -0.39 is 0 Å². The van der Waals surface area contributed by atoms with E-state index in [-0.39, 0.29) is 17.9 Å². The molecule has 2 amide bonds. The van der Waals surface area contributed by atoms with E-state index in [0.29, 0.717) is 54.5 Å². The summed E-state index contributed by atoms with van der Waals surface area (Å²) < 4.78 is 11.5. The van der Waals surface area contributed by atoms with Crippen molar-refractivity contribution >= 4 is 22.9 Å². The molecule has 0 spiro atoms. The molecule has 3 aromatic rings. The molecule has 0 unspecified atom stereocenters. The van der Waals surface area contributed by atoms with Crippen molar-refractivity contribution in [2.45, 2.75) is 45.1 Å². The number of amides is 2. The van der Waals surface area contributed by atoms with Gasteiger partial charge in [0.05, 0.1) is 6.10 Å². The molecular weight excluding hydrogens is 430 g/mol. The number of oxazole rings is 1. The summed E-state index contributed by atoms with van der Waals surface area (Å²) >= 11 is 0.